The molecule has 0 aromatic heterocycles. The zero-order chi connectivity index (χ0) is 8.48. The van der Waals surface area contributed by atoms with Crippen LogP contribution in [-0.4, -0.2) is 13.3 Å². The molecular weight excluding hydrogens is 164 g/mol. The normalized spacial score (nSPS) is 13.0. The van der Waals surface area contributed by atoms with E-state index in [0.717, 1.165) is 5.56 Å². The molecule has 0 aliphatic heterocycles. The van der Waals surface area contributed by atoms with Crippen LogP contribution in [0.2, 0.25) is 0 Å². The van der Waals surface area contributed by atoms with Gasteiger partial charge in [-0.25, -0.2) is 4.21 Å². The zero-order valence-electron chi connectivity index (χ0n) is 6.06. The van der Waals surface area contributed by atoms with E-state index in [4.69, 9.17) is 9.11 Å². The van der Waals surface area contributed by atoms with E-state index < -0.39 is 10.5 Å². The lowest BCUT2D eigenvalue weighted by Crippen LogP contribution is -2.07. The average Bonchev–Trinajstić information content (AvgIpc) is 1.86. The second kappa shape index (κ2) is 2.73. The minimum absolute atomic E-state index is 0.0723. The lowest BCUT2D eigenvalue weighted by atomic mass is 10.2. The van der Waals surface area contributed by atoms with E-state index in [1.807, 2.05) is 6.92 Å². The summed E-state index contributed by atoms with van der Waals surface area (Å²) in [7, 11) is -4.04. The van der Waals surface area contributed by atoms with Crippen LogP contribution in [0.25, 0.3) is 0 Å². The topological polar surface area (TPSA) is 57.5 Å². The first-order valence-corrected chi connectivity index (χ1v) is 4.74. The maximum Gasteiger partial charge on any atom is 0.0995 e. The maximum absolute atomic E-state index is 10.6. The standard InChI is InChI=1S/C7H10O3S/c1-6-2-4-7(5-3-6)11(8,9)10/h2-5,11H,1H3,(H2,8,9,10). The Labute approximate surface area is 66.1 Å². The average molecular weight is 174 g/mol. The van der Waals surface area contributed by atoms with E-state index in [1.165, 1.54) is 12.1 Å². The second-order valence-electron chi connectivity index (χ2n) is 2.38. The number of benzene rings is 1. The number of rotatable bonds is 1. The molecule has 0 atom stereocenters. The minimum atomic E-state index is -4.04. The van der Waals surface area contributed by atoms with Gasteiger partial charge in [-0.3, -0.25) is 0 Å². The third-order valence-electron chi connectivity index (χ3n) is 1.37. The first-order valence-electron chi connectivity index (χ1n) is 3.13. The van der Waals surface area contributed by atoms with Crippen molar-refractivity contribution in [3.8, 4) is 0 Å². The quantitative estimate of drug-likeness (QED) is 0.563. The van der Waals surface area contributed by atoms with Gasteiger partial charge in [-0.1, -0.05) is 17.7 Å². The van der Waals surface area contributed by atoms with E-state index in [9.17, 15) is 4.21 Å². The zero-order valence-corrected chi connectivity index (χ0v) is 6.95. The van der Waals surface area contributed by atoms with Crippen molar-refractivity contribution >= 4 is 10.5 Å². The summed E-state index contributed by atoms with van der Waals surface area (Å²) < 4.78 is 28.0. The Kier molecular flexibility index (Phi) is 2.08. The van der Waals surface area contributed by atoms with Crippen LogP contribution in [-0.2, 0) is 10.5 Å². The minimum Gasteiger partial charge on any atom is -0.306 e. The Morgan fingerprint density at radius 3 is 2.00 bits per heavy atom. The van der Waals surface area contributed by atoms with Gasteiger partial charge in [0, 0.05) is 0 Å². The number of hydrogen-bond donors (Lipinski definition) is 3. The van der Waals surface area contributed by atoms with Crippen molar-refractivity contribution in [2.24, 2.45) is 0 Å². The highest BCUT2D eigenvalue weighted by Gasteiger charge is 2.05. The van der Waals surface area contributed by atoms with Gasteiger partial charge in [0.1, 0.15) is 0 Å². The number of hydrogen-bond acceptors (Lipinski definition) is 1. The van der Waals surface area contributed by atoms with Crippen LogP contribution in [0.15, 0.2) is 29.2 Å². The first-order chi connectivity index (χ1) is 5.00. The van der Waals surface area contributed by atoms with Gasteiger partial charge in [0.15, 0.2) is 0 Å². The molecule has 0 bridgehead atoms. The molecule has 3 nitrogen and oxygen atoms in total. The molecule has 2 N–H and O–H groups in total. The summed E-state index contributed by atoms with van der Waals surface area (Å²) >= 11 is 0. The van der Waals surface area contributed by atoms with E-state index in [2.05, 4.69) is 0 Å². The van der Waals surface area contributed by atoms with E-state index >= 15 is 0 Å². The molecule has 1 aromatic carbocycles. The van der Waals surface area contributed by atoms with Crippen molar-refractivity contribution in [1.29, 1.82) is 0 Å². The monoisotopic (exact) mass is 174 g/mol. The Morgan fingerprint density at radius 1 is 1.18 bits per heavy atom. The van der Waals surface area contributed by atoms with Gasteiger partial charge in [-0.2, -0.15) is 0 Å². The number of thiol groups is 1. The van der Waals surface area contributed by atoms with Crippen LogP contribution in [0.1, 0.15) is 5.56 Å². The van der Waals surface area contributed by atoms with Gasteiger partial charge in [-0.05, 0) is 19.1 Å². The van der Waals surface area contributed by atoms with Crippen LogP contribution in [0.5, 0.6) is 0 Å². The fourth-order valence-corrected chi connectivity index (χ4v) is 1.28. The molecule has 0 saturated carbocycles. The van der Waals surface area contributed by atoms with Crippen LogP contribution < -0.4 is 0 Å². The van der Waals surface area contributed by atoms with Crippen molar-refractivity contribution in [3.63, 3.8) is 0 Å². The maximum atomic E-state index is 10.6. The molecule has 4 heteroatoms. The summed E-state index contributed by atoms with van der Waals surface area (Å²) in [6.45, 7) is 1.86. The van der Waals surface area contributed by atoms with Crippen molar-refractivity contribution in [1.82, 2.24) is 0 Å². The molecular formula is C7H10O3S. The summed E-state index contributed by atoms with van der Waals surface area (Å²) in [5.74, 6) is 0. The van der Waals surface area contributed by atoms with Gasteiger partial charge < -0.3 is 9.11 Å². The number of aryl methyl sites for hydroxylation is 1. The molecule has 0 aliphatic carbocycles. The fourth-order valence-electron chi connectivity index (χ4n) is 0.739. The predicted octanol–water partition coefficient (Wildman–Crippen LogP) is 1.32. The summed E-state index contributed by atoms with van der Waals surface area (Å²) in [5, 5.41) is 0. The molecule has 0 heterocycles. The Hall–Kier alpha value is -0.710. The summed E-state index contributed by atoms with van der Waals surface area (Å²) in [5.41, 5.74) is 0.988. The molecule has 11 heavy (non-hydrogen) atoms. The highest BCUT2D eigenvalue weighted by Crippen LogP contribution is 2.12. The fraction of sp³-hybridized carbons (Fsp3) is 0.143. The third-order valence-corrected chi connectivity index (χ3v) is 2.34. The van der Waals surface area contributed by atoms with Gasteiger partial charge in [0.2, 0.25) is 0 Å². The largest absolute Gasteiger partial charge is 0.306 e. The van der Waals surface area contributed by atoms with Crippen LogP contribution in [0.4, 0.5) is 0 Å². The first kappa shape index (κ1) is 8.39. The molecule has 1 aromatic rings. The summed E-state index contributed by atoms with van der Waals surface area (Å²) in [6, 6.07) is 6.23. The van der Waals surface area contributed by atoms with Crippen LogP contribution in [0.3, 0.4) is 0 Å². The molecule has 1 rings (SSSR count). The molecule has 62 valence electrons. The smallest absolute Gasteiger partial charge is 0.0995 e. The third kappa shape index (κ3) is 2.11. The van der Waals surface area contributed by atoms with Crippen LogP contribution in [0, 0.1) is 6.92 Å². The van der Waals surface area contributed by atoms with Crippen molar-refractivity contribution in [2.75, 3.05) is 0 Å². The summed E-state index contributed by atoms with van der Waals surface area (Å²) in [4.78, 5) is 0.0723. The molecule has 0 radical (unpaired) electrons. The lowest BCUT2D eigenvalue weighted by Gasteiger charge is -2.09. The summed E-state index contributed by atoms with van der Waals surface area (Å²) in [6.07, 6.45) is 0. The molecule has 0 saturated heterocycles. The van der Waals surface area contributed by atoms with Gasteiger partial charge in [0.25, 0.3) is 0 Å². The van der Waals surface area contributed by atoms with E-state index in [0.29, 0.717) is 0 Å². The van der Waals surface area contributed by atoms with E-state index in [-0.39, 0.29) is 4.90 Å². The van der Waals surface area contributed by atoms with Gasteiger partial charge in [-0.15, -0.1) is 0 Å². The van der Waals surface area contributed by atoms with Gasteiger partial charge in [0.05, 0.1) is 15.4 Å². The molecule has 0 amide bonds. The second-order valence-corrected chi connectivity index (χ2v) is 3.98. The van der Waals surface area contributed by atoms with Gasteiger partial charge >= 0.3 is 0 Å². The molecule has 0 fully saturated rings. The van der Waals surface area contributed by atoms with Crippen molar-refractivity contribution < 1.29 is 13.3 Å². The highest BCUT2D eigenvalue weighted by molar-refractivity contribution is 7.92. The molecule has 0 unspecified atom stereocenters. The SMILES string of the molecule is Cc1ccc([SH](=O)(O)O)cc1. The van der Waals surface area contributed by atoms with E-state index in [1.54, 1.807) is 12.1 Å². The Morgan fingerprint density at radius 2 is 1.64 bits per heavy atom. The Balaban J connectivity index is 3.09. The molecule has 0 aliphatic rings. The highest BCUT2D eigenvalue weighted by atomic mass is 32.3. The predicted molar refractivity (Wildman–Crippen MR) is 44.2 cm³/mol. The van der Waals surface area contributed by atoms with Crippen LogP contribution >= 0.6 is 0 Å². The van der Waals surface area contributed by atoms with Crippen molar-refractivity contribution in [2.45, 2.75) is 11.8 Å². The lowest BCUT2D eigenvalue weighted by molar-refractivity contribution is 0.423. The van der Waals surface area contributed by atoms with Crippen molar-refractivity contribution in [3.05, 3.63) is 29.8 Å². The Bertz CT molecular complexity index is 285. The molecule has 0 spiro atoms.